The molecule has 0 heterocycles. The molecule has 3 heteroatoms. The van der Waals surface area contributed by atoms with Gasteiger partial charge in [-0.15, -0.1) is 0 Å². The fourth-order valence-electron chi connectivity index (χ4n) is 2.89. The molecule has 20 heavy (non-hydrogen) atoms. The SMILES string of the molecule is C=C(C)C(=O)OCCCOC1CC(C)CCC1C(C)C. The summed E-state index contributed by atoms with van der Waals surface area (Å²) in [5, 5.41) is 0. The first-order valence-corrected chi connectivity index (χ1v) is 7.86. The van der Waals surface area contributed by atoms with Crippen LogP contribution in [-0.4, -0.2) is 25.3 Å². The molecule has 0 saturated heterocycles. The third kappa shape index (κ3) is 5.66. The number of hydrogen-bond acceptors (Lipinski definition) is 3. The molecule has 0 spiro atoms. The first-order chi connectivity index (χ1) is 9.41. The van der Waals surface area contributed by atoms with Crippen molar-refractivity contribution in [2.75, 3.05) is 13.2 Å². The van der Waals surface area contributed by atoms with Gasteiger partial charge in [0.15, 0.2) is 0 Å². The van der Waals surface area contributed by atoms with E-state index in [1.807, 2.05) is 0 Å². The van der Waals surface area contributed by atoms with E-state index in [0.29, 0.717) is 36.7 Å². The summed E-state index contributed by atoms with van der Waals surface area (Å²) in [5.41, 5.74) is 0.451. The lowest BCUT2D eigenvalue weighted by atomic mass is 9.75. The minimum Gasteiger partial charge on any atom is -0.462 e. The van der Waals surface area contributed by atoms with Gasteiger partial charge < -0.3 is 9.47 Å². The van der Waals surface area contributed by atoms with Gasteiger partial charge in [-0.25, -0.2) is 4.79 Å². The second kappa shape index (κ2) is 8.46. The molecule has 0 aromatic carbocycles. The van der Waals surface area contributed by atoms with Gasteiger partial charge in [0.25, 0.3) is 0 Å². The van der Waals surface area contributed by atoms with Crippen LogP contribution in [0.15, 0.2) is 12.2 Å². The van der Waals surface area contributed by atoms with Gasteiger partial charge in [-0.3, -0.25) is 0 Å². The van der Waals surface area contributed by atoms with E-state index in [1.165, 1.54) is 12.8 Å². The number of ether oxygens (including phenoxy) is 2. The van der Waals surface area contributed by atoms with E-state index in [4.69, 9.17) is 9.47 Å². The van der Waals surface area contributed by atoms with E-state index in [0.717, 1.165) is 18.8 Å². The molecule has 0 radical (unpaired) electrons. The molecule has 1 aliphatic carbocycles. The Hall–Kier alpha value is -0.830. The zero-order valence-electron chi connectivity index (χ0n) is 13.5. The Balaban J connectivity index is 2.24. The van der Waals surface area contributed by atoms with E-state index in [-0.39, 0.29) is 5.97 Å². The molecule has 3 atom stereocenters. The van der Waals surface area contributed by atoms with Gasteiger partial charge in [0.2, 0.25) is 0 Å². The Morgan fingerprint density at radius 3 is 2.60 bits per heavy atom. The fraction of sp³-hybridized carbons (Fsp3) is 0.824. The molecular weight excluding hydrogens is 252 g/mol. The van der Waals surface area contributed by atoms with Gasteiger partial charge >= 0.3 is 5.97 Å². The van der Waals surface area contributed by atoms with Crippen molar-refractivity contribution < 1.29 is 14.3 Å². The highest BCUT2D eigenvalue weighted by Crippen LogP contribution is 2.35. The van der Waals surface area contributed by atoms with Gasteiger partial charge in [-0.05, 0) is 37.5 Å². The van der Waals surface area contributed by atoms with Gasteiger partial charge in [0.1, 0.15) is 0 Å². The number of esters is 1. The van der Waals surface area contributed by atoms with E-state index < -0.39 is 0 Å². The first kappa shape index (κ1) is 17.2. The smallest absolute Gasteiger partial charge is 0.333 e. The molecule has 0 aromatic rings. The molecule has 0 bridgehead atoms. The molecule has 0 aromatic heterocycles. The monoisotopic (exact) mass is 282 g/mol. The van der Waals surface area contributed by atoms with Gasteiger partial charge in [-0.1, -0.05) is 33.8 Å². The number of rotatable bonds is 7. The van der Waals surface area contributed by atoms with Crippen molar-refractivity contribution in [3.05, 3.63) is 12.2 Å². The molecule has 3 nitrogen and oxygen atoms in total. The van der Waals surface area contributed by atoms with E-state index in [1.54, 1.807) is 6.92 Å². The summed E-state index contributed by atoms with van der Waals surface area (Å²) in [5.74, 6) is 1.80. The third-order valence-electron chi connectivity index (χ3n) is 4.16. The van der Waals surface area contributed by atoms with Crippen molar-refractivity contribution in [3.63, 3.8) is 0 Å². The Labute approximate surface area is 123 Å². The normalized spacial score (nSPS) is 26.6. The summed E-state index contributed by atoms with van der Waals surface area (Å²) in [4.78, 5) is 11.2. The van der Waals surface area contributed by atoms with Crippen LogP contribution in [0.3, 0.4) is 0 Å². The highest BCUT2D eigenvalue weighted by atomic mass is 16.5. The molecule has 1 saturated carbocycles. The lowest BCUT2D eigenvalue weighted by Crippen LogP contribution is -2.34. The molecule has 1 fully saturated rings. The van der Waals surface area contributed by atoms with Crippen molar-refractivity contribution in [1.82, 2.24) is 0 Å². The topological polar surface area (TPSA) is 35.5 Å². The quantitative estimate of drug-likeness (QED) is 0.402. The van der Waals surface area contributed by atoms with Crippen LogP contribution in [0, 0.1) is 17.8 Å². The van der Waals surface area contributed by atoms with Crippen LogP contribution in [0.1, 0.15) is 53.4 Å². The van der Waals surface area contributed by atoms with Crippen LogP contribution < -0.4 is 0 Å². The molecule has 1 aliphatic rings. The van der Waals surface area contributed by atoms with Crippen molar-refractivity contribution >= 4 is 5.97 Å². The summed E-state index contributed by atoms with van der Waals surface area (Å²) in [6.07, 6.45) is 4.88. The van der Waals surface area contributed by atoms with Crippen molar-refractivity contribution in [2.45, 2.75) is 59.5 Å². The average Bonchev–Trinajstić information content (AvgIpc) is 2.37. The summed E-state index contributed by atoms with van der Waals surface area (Å²) in [6, 6.07) is 0. The molecule has 3 unspecified atom stereocenters. The van der Waals surface area contributed by atoms with Gasteiger partial charge in [-0.2, -0.15) is 0 Å². The lowest BCUT2D eigenvalue weighted by molar-refractivity contribution is -0.139. The second-order valence-electron chi connectivity index (χ2n) is 6.51. The van der Waals surface area contributed by atoms with Gasteiger partial charge in [0, 0.05) is 12.0 Å². The summed E-state index contributed by atoms with van der Waals surface area (Å²) in [7, 11) is 0. The Bertz CT molecular complexity index is 322. The molecule has 116 valence electrons. The summed E-state index contributed by atoms with van der Waals surface area (Å²) < 4.78 is 11.1. The number of carbonyl (C=O) groups excluding carboxylic acids is 1. The molecule has 0 N–H and O–H groups in total. The van der Waals surface area contributed by atoms with Crippen LogP contribution in [0.2, 0.25) is 0 Å². The standard InChI is InChI=1S/C17H30O3/c1-12(2)15-8-7-14(5)11-16(15)19-9-6-10-20-17(18)13(3)4/h12,14-16H,3,6-11H2,1-2,4-5H3. The predicted molar refractivity (Wildman–Crippen MR) is 81.5 cm³/mol. The molecular formula is C17H30O3. The molecule has 0 amide bonds. The van der Waals surface area contributed by atoms with Crippen LogP contribution in [-0.2, 0) is 14.3 Å². The number of carbonyl (C=O) groups is 1. The largest absolute Gasteiger partial charge is 0.462 e. The van der Waals surface area contributed by atoms with Crippen LogP contribution in [0.25, 0.3) is 0 Å². The zero-order chi connectivity index (χ0) is 15.1. The summed E-state index contributed by atoms with van der Waals surface area (Å²) >= 11 is 0. The fourth-order valence-corrected chi connectivity index (χ4v) is 2.89. The highest BCUT2D eigenvalue weighted by molar-refractivity contribution is 5.86. The van der Waals surface area contributed by atoms with E-state index >= 15 is 0 Å². The van der Waals surface area contributed by atoms with E-state index in [2.05, 4.69) is 27.4 Å². The van der Waals surface area contributed by atoms with Crippen molar-refractivity contribution in [1.29, 1.82) is 0 Å². The highest BCUT2D eigenvalue weighted by Gasteiger charge is 2.31. The minimum atomic E-state index is -0.309. The molecule has 1 rings (SSSR count). The van der Waals surface area contributed by atoms with Gasteiger partial charge in [0.05, 0.1) is 19.3 Å². The van der Waals surface area contributed by atoms with Crippen LogP contribution in [0.5, 0.6) is 0 Å². The molecule has 0 aliphatic heterocycles. The summed E-state index contributed by atoms with van der Waals surface area (Å²) in [6.45, 7) is 13.2. The van der Waals surface area contributed by atoms with Crippen molar-refractivity contribution in [3.8, 4) is 0 Å². The van der Waals surface area contributed by atoms with Crippen molar-refractivity contribution in [2.24, 2.45) is 17.8 Å². The minimum absolute atomic E-state index is 0.309. The average molecular weight is 282 g/mol. The Kier molecular flexibility index (Phi) is 7.28. The van der Waals surface area contributed by atoms with E-state index in [9.17, 15) is 4.79 Å². The maximum atomic E-state index is 11.2. The zero-order valence-corrected chi connectivity index (χ0v) is 13.5. The second-order valence-corrected chi connectivity index (χ2v) is 6.51. The first-order valence-electron chi connectivity index (χ1n) is 7.86. The number of hydrogen-bond donors (Lipinski definition) is 0. The third-order valence-corrected chi connectivity index (χ3v) is 4.16. The Morgan fingerprint density at radius 2 is 2.00 bits per heavy atom. The maximum Gasteiger partial charge on any atom is 0.333 e. The van der Waals surface area contributed by atoms with Crippen LogP contribution >= 0.6 is 0 Å². The maximum absolute atomic E-state index is 11.2. The lowest BCUT2D eigenvalue weighted by Gasteiger charge is -2.37. The van der Waals surface area contributed by atoms with Crippen LogP contribution in [0.4, 0.5) is 0 Å². The predicted octanol–water partition coefficient (Wildman–Crippen LogP) is 3.97. The Morgan fingerprint density at radius 1 is 1.30 bits per heavy atom.